The maximum absolute atomic E-state index is 12.4. The van der Waals surface area contributed by atoms with Crippen molar-refractivity contribution in [2.45, 2.75) is 46.6 Å². The van der Waals surface area contributed by atoms with Crippen LogP contribution in [0.15, 0.2) is 36.4 Å². The number of aryl methyl sites for hydroxylation is 2. The largest absolute Gasteiger partial charge is 0.334 e. The first-order valence-corrected chi connectivity index (χ1v) is 8.71. The Morgan fingerprint density at radius 2 is 1.92 bits per heavy atom. The number of carbonyl (C=O) groups is 1. The van der Waals surface area contributed by atoms with Crippen molar-refractivity contribution in [2.24, 2.45) is 0 Å². The number of hydrogen-bond acceptors (Lipinski definition) is 1. The van der Waals surface area contributed by atoms with E-state index in [1.54, 1.807) is 0 Å². The molecule has 0 radical (unpaired) electrons. The Balaban J connectivity index is 2.10. The van der Waals surface area contributed by atoms with Crippen LogP contribution in [0.5, 0.6) is 0 Å². The van der Waals surface area contributed by atoms with Gasteiger partial charge in [0, 0.05) is 17.3 Å². The van der Waals surface area contributed by atoms with Gasteiger partial charge in [0.25, 0.3) is 0 Å². The third-order valence-electron chi connectivity index (χ3n) is 4.17. The van der Waals surface area contributed by atoms with Crippen molar-refractivity contribution < 1.29 is 4.79 Å². The Morgan fingerprint density at radius 1 is 1.17 bits per heavy atom. The summed E-state index contributed by atoms with van der Waals surface area (Å²) in [6, 6.07) is 11.7. The van der Waals surface area contributed by atoms with E-state index in [4.69, 9.17) is 11.6 Å². The number of amides is 2. The summed E-state index contributed by atoms with van der Waals surface area (Å²) >= 11 is 5.97. The first-order valence-electron chi connectivity index (χ1n) is 8.34. The number of hydrogen-bond donors (Lipinski definition) is 2. The van der Waals surface area contributed by atoms with Crippen LogP contribution in [0.25, 0.3) is 0 Å². The third-order valence-corrected chi connectivity index (χ3v) is 4.40. The highest BCUT2D eigenvalue weighted by Crippen LogP contribution is 2.28. The second-order valence-corrected chi connectivity index (χ2v) is 6.70. The van der Waals surface area contributed by atoms with E-state index in [1.165, 1.54) is 0 Å². The topological polar surface area (TPSA) is 41.1 Å². The van der Waals surface area contributed by atoms with Gasteiger partial charge in [0.15, 0.2) is 0 Å². The Bertz CT molecular complexity index is 726. The molecule has 2 amide bonds. The van der Waals surface area contributed by atoms with Gasteiger partial charge < -0.3 is 10.6 Å². The molecule has 2 aromatic rings. The number of nitrogens with one attached hydrogen (secondary N) is 2. The molecule has 0 aliphatic rings. The van der Waals surface area contributed by atoms with Crippen LogP contribution in [-0.4, -0.2) is 6.03 Å². The normalized spacial score (nSPS) is 10.8. The molecule has 0 spiro atoms. The van der Waals surface area contributed by atoms with Crippen molar-refractivity contribution >= 4 is 23.3 Å². The molecule has 0 saturated carbocycles. The average molecular weight is 345 g/mol. The van der Waals surface area contributed by atoms with Gasteiger partial charge in [-0.15, -0.1) is 0 Å². The van der Waals surface area contributed by atoms with Crippen molar-refractivity contribution in [3.8, 4) is 0 Å². The van der Waals surface area contributed by atoms with Crippen LogP contribution in [0.3, 0.4) is 0 Å². The molecule has 2 rings (SSSR count). The highest BCUT2D eigenvalue weighted by atomic mass is 35.5. The van der Waals surface area contributed by atoms with E-state index in [1.807, 2.05) is 31.2 Å². The molecule has 24 heavy (non-hydrogen) atoms. The predicted molar refractivity (Wildman–Crippen MR) is 102 cm³/mol. The summed E-state index contributed by atoms with van der Waals surface area (Å²) < 4.78 is 0. The Kier molecular flexibility index (Phi) is 6.27. The summed E-state index contributed by atoms with van der Waals surface area (Å²) in [5, 5.41) is 6.68. The lowest BCUT2D eigenvalue weighted by Gasteiger charge is -2.18. The zero-order chi connectivity index (χ0) is 17.7. The molecule has 0 saturated heterocycles. The SMILES string of the molecule is CCc1cccc(C(C)C)c1NC(=O)NCc1ccc(Cl)cc1C. The molecule has 0 fully saturated rings. The number of urea groups is 1. The minimum Gasteiger partial charge on any atom is -0.334 e. The van der Waals surface area contributed by atoms with Crippen LogP contribution in [0.4, 0.5) is 10.5 Å². The number of para-hydroxylation sites is 1. The summed E-state index contributed by atoms with van der Waals surface area (Å²) in [5.74, 6) is 0.352. The van der Waals surface area contributed by atoms with E-state index >= 15 is 0 Å². The van der Waals surface area contributed by atoms with E-state index < -0.39 is 0 Å². The van der Waals surface area contributed by atoms with Gasteiger partial charge >= 0.3 is 6.03 Å². The van der Waals surface area contributed by atoms with Crippen molar-refractivity contribution in [1.29, 1.82) is 0 Å². The van der Waals surface area contributed by atoms with Gasteiger partial charge in [-0.05, 0) is 53.6 Å². The second-order valence-electron chi connectivity index (χ2n) is 6.27. The predicted octanol–water partition coefficient (Wildman–Crippen LogP) is 5.66. The fourth-order valence-corrected chi connectivity index (χ4v) is 2.97. The van der Waals surface area contributed by atoms with Crippen LogP contribution >= 0.6 is 11.6 Å². The maximum atomic E-state index is 12.4. The van der Waals surface area contributed by atoms with Gasteiger partial charge in [0.2, 0.25) is 0 Å². The maximum Gasteiger partial charge on any atom is 0.319 e. The van der Waals surface area contributed by atoms with Gasteiger partial charge in [-0.1, -0.05) is 56.6 Å². The molecule has 0 aliphatic carbocycles. The lowest BCUT2D eigenvalue weighted by Crippen LogP contribution is -2.29. The number of halogens is 1. The molecule has 0 bridgehead atoms. The molecule has 0 heterocycles. The summed E-state index contributed by atoms with van der Waals surface area (Å²) in [5.41, 5.74) is 5.37. The summed E-state index contributed by atoms with van der Waals surface area (Å²) in [6.07, 6.45) is 0.881. The number of anilines is 1. The lowest BCUT2D eigenvalue weighted by molar-refractivity contribution is 0.251. The Morgan fingerprint density at radius 3 is 2.54 bits per heavy atom. The first-order chi connectivity index (χ1) is 11.4. The van der Waals surface area contributed by atoms with Crippen molar-refractivity contribution in [1.82, 2.24) is 5.32 Å². The first kappa shape index (κ1) is 18.3. The van der Waals surface area contributed by atoms with E-state index in [-0.39, 0.29) is 6.03 Å². The van der Waals surface area contributed by atoms with Crippen LogP contribution in [-0.2, 0) is 13.0 Å². The van der Waals surface area contributed by atoms with Crippen molar-refractivity contribution in [3.05, 3.63) is 63.7 Å². The molecule has 0 atom stereocenters. The highest BCUT2D eigenvalue weighted by Gasteiger charge is 2.13. The van der Waals surface area contributed by atoms with Gasteiger partial charge in [-0.25, -0.2) is 4.79 Å². The van der Waals surface area contributed by atoms with Crippen LogP contribution in [0, 0.1) is 6.92 Å². The van der Waals surface area contributed by atoms with Gasteiger partial charge in [-0.2, -0.15) is 0 Å². The van der Waals surface area contributed by atoms with Gasteiger partial charge in [0.1, 0.15) is 0 Å². The molecular weight excluding hydrogens is 320 g/mol. The number of carbonyl (C=O) groups excluding carboxylic acids is 1. The zero-order valence-electron chi connectivity index (χ0n) is 14.7. The smallest absolute Gasteiger partial charge is 0.319 e. The molecule has 0 unspecified atom stereocenters. The number of rotatable bonds is 5. The standard InChI is InChI=1S/C20H25ClN2O/c1-5-15-7-6-8-18(13(2)3)19(15)23-20(24)22-12-16-9-10-17(21)11-14(16)4/h6-11,13H,5,12H2,1-4H3,(H2,22,23,24). The monoisotopic (exact) mass is 344 g/mol. The molecule has 2 N–H and O–H groups in total. The van der Waals surface area contributed by atoms with Crippen molar-refractivity contribution in [3.63, 3.8) is 0 Å². The van der Waals surface area contributed by atoms with Gasteiger partial charge in [0.05, 0.1) is 0 Å². The van der Waals surface area contributed by atoms with Crippen LogP contribution in [0.1, 0.15) is 48.9 Å². The van der Waals surface area contributed by atoms with E-state index in [0.717, 1.165) is 34.4 Å². The van der Waals surface area contributed by atoms with E-state index in [9.17, 15) is 4.79 Å². The Labute approximate surface area is 149 Å². The van der Waals surface area contributed by atoms with Gasteiger partial charge in [-0.3, -0.25) is 0 Å². The minimum atomic E-state index is -0.188. The number of benzene rings is 2. The van der Waals surface area contributed by atoms with Crippen molar-refractivity contribution in [2.75, 3.05) is 5.32 Å². The average Bonchev–Trinajstić information content (AvgIpc) is 2.54. The second kappa shape index (κ2) is 8.20. The molecule has 2 aromatic carbocycles. The van der Waals surface area contributed by atoms with E-state index in [0.29, 0.717) is 17.5 Å². The Hall–Kier alpha value is -2.00. The summed E-state index contributed by atoms with van der Waals surface area (Å²) in [4.78, 5) is 12.4. The zero-order valence-corrected chi connectivity index (χ0v) is 15.5. The molecule has 3 nitrogen and oxygen atoms in total. The van der Waals surface area contributed by atoms with Crippen LogP contribution in [0.2, 0.25) is 5.02 Å². The van der Waals surface area contributed by atoms with Crippen LogP contribution < -0.4 is 10.6 Å². The molecule has 4 heteroatoms. The lowest BCUT2D eigenvalue weighted by atomic mass is 9.96. The summed E-state index contributed by atoms with van der Waals surface area (Å²) in [7, 11) is 0. The molecular formula is C20H25ClN2O. The fourth-order valence-electron chi connectivity index (χ4n) is 2.74. The highest BCUT2D eigenvalue weighted by molar-refractivity contribution is 6.30. The molecule has 128 valence electrons. The minimum absolute atomic E-state index is 0.188. The molecule has 0 aromatic heterocycles. The fraction of sp³-hybridized carbons (Fsp3) is 0.350. The quantitative estimate of drug-likeness (QED) is 0.722. The molecule has 0 aliphatic heterocycles. The third kappa shape index (κ3) is 4.51. The summed E-state index contributed by atoms with van der Waals surface area (Å²) in [6.45, 7) is 8.83. The van der Waals surface area contributed by atoms with E-state index in [2.05, 4.69) is 43.5 Å².